The molecule has 0 aliphatic heterocycles. The highest BCUT2D eigenvalue weighted by molar-refractivity contribution is 6.03. The molecule has 2 aromatic rings. The monoisotopic (exact) mass is 321 g/mol. The Kier molecular flexibility index (Phi) is 4.66. The zero-order valence-electron chi connectivity index (χ0n) is 13.7. The Morgan fingerprint density at radius 3 is 1.58 bits per heavy atom. The molecule has 4 heteroatoms. The maximum Gasteiger partial charge on any atom is 0.242 e. The van der Waals surface area contributed by atoms with Gasteiger partial charge in [-0.05, 0) is 48.5 Å². The Labute approximate surface area is 141 Å². The van der Waals surface area contributed by atoms with Crippen molar-refractivity contribution in [3.05, 3.63) is 72.8 Å². The van der Waals surface area contributed by atoms with Gasteiger partial charge in [-0.2, -0.15) is 0 Å². The zero-order valence-corrected chi connectivity index (χ0v) is 13.7. The molecule has 0 radical (unpaired) electrons. The molecule has 0 atom stereocenters. The van der Waals surface area contributed by atoms with Crippen LogP contribution in [0.5, 0.6) is 11.5 Å². The summed E-state index contributed by atoms with van der Waals surface area (Å²) in [6.45, 7) is 0. The van der Waals surface area contributed by atoms with E-state index in [2.05, 4.69) is 0 Å². The first-order valence-corrected chi connectivity index (χ1v) is 7.70. The minimum Gasteiger partial charge on any atom is -0.497 e. The van der Waals surface area contributed by atoms with E-state index in [1.54, 1.807) is 19.1 Å². The topological polar surface area (TPSA) is 38.8 Å². The third kappa shape index (κ3) is 3.18. The van der Waals surface area contributed by atoms with Crippen LogP contribution in [0.25, 0.3) is 0 Å². The minimum absolute atomic E-state index is 0.00432. The largest absolute Gasteiger partial charge is 0.497 e. The molecular weight excluding hydrogens is 302 g/mol. The quantitative estimate of drug-likeness (QED) is 0.832. The van der Waals surface area contributed by atoms with Crippen molar-refractivity contribution in [1.29, 1.82) is 0 Å². The van der Waals surface area contributed by atoms with Crippen molar-refractivity contribution in [3.63, 3.8) is 0 Å². The molecule has 0 aromatic heterocycles. The van der Waals surface area contributed by atoms with E-state index in [-0.39, 0.29) is 11.8 Å². The Morgan fingerprint density at radius 1 is 0.792 bits per heavy atom. The number of nitrogens with zero attached hydrogens (tertiary/aromatic N) is 1. The molecule has 0 unspecified atom stereocenters. The van der Waals surface area contributed by atoms with Crippen LogP contribution in [-0.4, -0.2) is 20.1 Å². The van der Waals surface area contributed by atoms with Crippen molar-refractivity contribution >= 4 is 17.3 Å². The van der Waals surface area contributed by atoms with Gasteiger partial charge in [0.1, 0.15) is 11.5 Å². The van der Waals surface area contributed by atoms with E-state index in [0.29, 0.717) is 0 Å². The van der Waals surface area contributed by atoms with Crippen molar-refractivity contribution in [2.24, 2.45) is 5.92 Å². The summed E-state index contributed by atoms with van der Waals surface area (Å²) in [5.41, 5.74) is 1.58. The van der Waals surface area contributed by atoms with Crippen LogP contribution in [0.2, 0.25) is 0 Å². The lowest BCUT2D eigenvalue weighted by Crippen LogP contribution is -2.30. The summed E-state index contributed by atoms with van der Waals surface area (Å²) in [7, 11) is 3.24. The molecule has 0 N–H and O–H groups in total. The Bertz CT molecular complexity index is 701. The SMILES string of the molecule is COc1ccc(N(C(=O)C2C=CC=C2)c2ccc(OC)cc2)cc1. The van der Waals surface area contributed by atoms with E-state index in [1.807, 2.05) is 72.8 Å². The first-order chi connectivity index (χ1) is 11.7. The van der Waals surface area contributed by atoms with Crippen LogP contribution in [0.3, 0.4) is 0 Å². The van der Waals surface area contributed by atoms with Crippen molar-refractivity contribution in [2.45, 2.75) is 0 Å². The summed E-state index contributed by atoms with van der Waals surface area (Å²) in [5, 5.41) is 0. The number of methoxy groups -OCH3 is 2. The standard InChI is InChI=1S/C20H19NO3/c1-23-18-11-7-16(8-12-18)21(20(22)15-5-3-4-6-15)17-9-13-19(24-2)14-10-17/h3-15H,1-2H3. The summed E-state index contributed by atoms with van der Waals surface area (Å²) in [4.78, 5) is 14.7. The van der Waals surface area contributed by atoms with Gasteiger partial charge in [0.2, 0.25) is 5.91 Å². The molecule has 0 bridgehead atoms. The Balaban J connectivity index is 1.99. The lowest BCUT2D eigenvalue weighted by Gasteiger charge is -2.25. The molecule has 2 aromatic carbocycles. The maximum atomic E-state index is 13.0. The van der Waals surface area contributed by atoms with Gasteiger partial charge in [-0.3, -0.25) is 9.69 Å². The first-order valence-electron chi connectivity index (χ1n) is 7.70. The maximum absolute atomic E-state index is 13.0. The van der Waals surface area contributed by atoms with Crippen LogP contribution in [0.15, 0.2) is 72.8 Å². The second-order valence-corrected chi connectivity index (χ2v) is 5.37. The van der Waals surface area contributed by atoms with Gasteiger partial charge < -0.3 is 9.47 Å². The molecule has 4 nitrogen and oxygen atoms in total. The van der Waals surface area contributed by atoms with E-state index >= 15 is 0 Å². The number of benzene rings is 2. The molecular formula is C20H19NO3. The van der Waals surface area contributed by atoms with Gasteiger partial charge in [-0.15, -0.1) is 0 Å². The van der Waals surface area contributed by atoms with Crippen LogP contribution < -0.4 is 14.4 Å². The fraction of sp³-hybridized carbons (Fsp3) is 0.150. The average Bonchev–Trinajstić information content (AvgIpc) is 3.18. The number of rotatable bonds is 5. The number of ether oxygens (including phenoxy) is 2. The average molecular weight is 321 g/mol. The molecule has 0 heterocycles. The molecule has 1 aliphatic carbocycles. The third-order valence-corrected chi connectivity index (χ3v) is 3.91. The third-order valence-electron chi connectivity index (χ3n) is 3.91. The van der Waals surface area contributed by atoms with Gasteiger partial charge >= 0.3 is 0 Å². The lowest BCUT2D eigenvalue weighted by atomic mass is 10.1. The van der Waals surface area contributed by atoms with E-state index < -0.39 is 0 Å². The van der Waals surface area contributed by atoms with Crippen LogP contribution >= 0.6 is 0 Å². The van der Waals surface area contributed by atoms with Crippen molar-refractivity contribution in [1.82, 2.24) is 0 Å². The number of anilines is 2. The van der Waals surface area contributed by atoms with Crippen LogP contribution in [0.1, 0.15) is 0 Å². The second kappa shape index (κ2) is 7.04. The molecule has 0 saturated heterocycles. The summed E-state index contributed by atoms with van der Waals surface area (Å²) >= 11 is 0. The smallest absolute Gasteiger partial charge is 0.242 e. The van der Waals surface area contributed by atoms with Gasteiger partial charge in [0, 0.05) is 11.4 Å². The summed E-state index contributed by atoms with van der Waals surface area (Å²) in [6, 6.07) is 14.9. The van der Waals surface area contributed by atoms with E-state index in [0.717, 1.165) is 22.9 Å². The highest BCUT2D eigenvalue weighted by Gasteiger charge is 2.24. The van der Waals surface area contributed by atoms with Gasteiger partial charge in [-0.25, -0.2) is 0 Å². The Hall–Kier alpha value is -3.01. The number of amides is 1. The van der Waals surface area contributed by atoms with Crippen LogP contribution in [0, 0.1) is 5.92 Å². The van der Waals surface area contributed by atoms with Gasteiger partial charge in [0.05, 0.1) is 20.1 Å². The summed E-state index contributed by atoms with van der Waals surface area (Å²) < 4.78 is 10.4. The van der Waals surface area contributed by atoms with E-state index in [1.165, 1.54) is 0 Å². The highest BCUT2D eigenvalue weighted by atomic mass is 16.5. The summed E-state index contributed by atoms with van der Waals surface area (Å²) in [6.07, 6.45) is 7.57. The number of hydrogen-bond donors (Lipinski definition) is 0. The lowest BCUT2D eigenvalue weighted by molar-refractivity contribution is -0.119. The zero-order chi connectivity index (χ0) is 16.9. The van der Waals surface area contributed by atoms with Gasteiger partial charge in [0.15, 0.2) is 0 Å². The number of hydrogen-bond acceptors (Lipinski definition) is 3. The van der Waals surface area contributed by atoms with Crippen molar-refractivity contribution < 1.29 is 14.3 Å². The first kappa shape index (κ1) is 15.9. The fourth-order valence-corrected chi connectivity index (χ4v) is 2.61. The molecule has 0 spiro atoms. The minimum atomic E-state index is -0.255. The number of carbonyl (C=O) groups is 1. The highest BCUT2D eigenvalue weighted by Crippen LogP contribution is 2.31. The molecule has 1 amide bonds. The predicted octanol–water partition coefficient (Wildman–Crippen LogP) is 4.11. The van der Waals surface area contributed by atoms with E-state index in [4.69, 9.17) is 9.47 Å². The second-order valence-electron chi connectivity index (χ2n) is 5.37. The Morgan fingerprint density at radius 2 is 1.21 bits per heavy atom. The normalized spacial score (nSPS) is 13.1. The predicted molar refractivity (Wildman–Crippen MR) is 94.9 cm³/mol. The molecule has 24 heavy (non-hydrogen) atoms. The fourth-order valence-electron chi connectivity index (χ4n) is 2.61. The van der Waals surface area contributed by atoms with Crippen molar-refractivity contribution in [3.8, 4) is 11.5 Å². The van der Waals surface area contributed by atoms with Gasteiger partial charge in [-0.1, -0.05) is 24.3 Å². The van der Waals surface area contributed by atoms with Gasteiger partial charge in [0.25, 0.3) is 0 Å². The molecule has 3 rings (SSSR count). The molecule has 1 aliphatic rings. The van der Waals surface area contributed by atoms with E-state index in [9.17, 15) is 4.79 Å². The number of carbonyl (C=O) groups excluding carboxylic acids is 1. The van der Waals surface area contributed by atoms with Crippen LogP contribution in [-0.2, 0) is 4.79 Å². The molecule has 122 valence electrons. The summed E-state index contributed by atoms with van der Waals surface area (Å²) in [5.74, 6) is 1.24. The number of allylic oxidation sites excluding steroid dienone is 2. The van der Waals surface area contributed by atoms with Crippen molar-refractivity contribution in [2.75, 3.05) is 19.1 Å². The molecule has 0 fully saturated rings. The van der Waals surface area contributed by atoms with Crippen LogP contribution in [0.4, 0.5) is 11.4 Å². The molecule has 0 saturated carbocycles.